The van der Waals surface area contributed by atoms with Gasteiger partial charge in [0.2, 0.25) is 0 Å². The van der Waals surface area contributed by atoms with Crippen LogP contribution in [0.5, 0.6) is 11.5 Å². The third-order valence-corrected chi connectivity index (χ3v) is 5.95. The van der Waals surface area contributed by atoms with E-state index in [1.54, 1.807) is 25.6 Å². The number of aliphatic imine (C=N–C) groups is 1. The van der Waals surface area contributed by atoms with Crippen LogP contribution < -0.4 is 29.9 Å². The number of ether oxygens (including phenoxy) is 2. The van der Waals surface area contributed by atoms with Crippen LogP contribution in [0.15, 0.2) is 28.6 Å². The lowest BCUT2D eigenvalue weighted by Gasteiger charge is -2.21. The Kier molecular flexibility index (Phi) is 9.94. The molecule has 3 rings (SSSR count). The van der Waals surface area contributed by atoms with E-state index in [2.05, 4.69) is 45.0 Å². The van der Waals surface area contributed by atoms with Crippen molar-refractivity contribution >= 4 is 52.1 Å². The number of hydrogen-bond donors (Lipinski definition) is 2. The first-order valence-electron chi connectivity index (χ1n) is 10.2. The van der Waals surface area contributed by atoms with Gasteiger partial charge < -0.3 is 29.9 Å². The fourth-order valence-electron chi connectivity index (χ4n) is 3.34. The van der Waals surface area contributed by atoms with E-state index in [4.69, 9.17) is 14.5 Å². The smallest absolute Gasteiger partial charge is 0.191 e. The highest BCUT2D eigenvalue weighted by Crippen LogP contribution is 2.30. The SMILES string of the molecule is CCNC(=NCc1csc(N(C)C)n1)NC1CCN(c2cc(OC)cc(OC)c2)C1.I. The normalized spacial score (nSPS) is 16.0. The largest absolute Gasteiger partial charge is 0.497 e. The fourth-order valence-corrected chi connectivity index (χ4v) is 4.08. The Morgan fingerprint density at radius 1 is 1.26 bits per heavy atom. The maximum absolute atomic E-state index is 5.41. The Morgan fingerprint density at radius 3 is 2.55 bits per heavy atom. The van der Waals surface area contributed by atoms with Crippen LogP contribution in [0, 0.1) is 0 Å². The van der Waals surface area contributed by atoms with E-state index < -0.39 is 0 Å². The van der Waals surface area contributed by atoms with Gasteiger partial charge in [0.1, 0.15) is 11.5 Å². The molecule has 0 bridgehead atoms. The van der Waals surface area contributed by atoms with Gasteiger partial charge in [-0.3, -0.25) is 0 Å². The van der Waals surface area contributed by atoms with Crippen molar-refractivity contribution in [2.24, 2.45) is 4.99 Å². The molecule has 8 nitrogen and oxygen atoms in total. The summed E-state index contributed by atoms with van der Waals surface area (Å²) in [6.07, 6.45) is 1.03. The number of nitrogens with one attached hydrogen (secondary N) is 2. The third-order valence-electron chi connectivity index (χ3n) is 4.90. The minimum absolute atomic E-state index is 0. The van der Waals surface area contributed by atoms with Crippen molar-refractivity contribution in [3.63, 3.8) is 0 Å². The van der Waals surface area contributed by atoms with Crippen molar-refractivity contribution in [3.05, 3.63) is 29.3 Å². The number of thiazole rings is 1. The lowest BCUT2D eigenvalue weighted by molar-refractivity contribution is 0.394. The van der Waals surface area contributed by atoms with Crippen LogP contribution in [0.4, 0.5) is 10.8 Å². The van der Waals surface area contributed by atoms with Crippen LogP contribution in [0.25, 0.3) is 0 Å². The first-order valence-corrected chi connectivity index (χ1v) is 11.0. The molecule has 1 aromatic heterocycles. The van der Waals surface area contributed by atoms with Crippen molar-refractivity contribution < 1.29 is 9.47 Å². The van der Waals surface area contributed by atoms with Gasteiger partial charge in [-0.25, -0.2) is 9.98 Å². The Bertz CT molecular complexity index is 838. The van der Waals surface area contributed by atoms with Crippen molar-refractivity contribution in [1.29, 1.82) is 0 Å². The zero-order valence-electron chi connectivity index (χ0n) is 18.8. The number of aromatic nitrogens is 1. The maximum Gasteiger partial charge on any atom is 0.191 e. The summed E-state index contributed by atoms with van der Waals surface area (Å²) in [5.41, 5.74) is 2.09. The monoisotopic (exact) mass is 560 g/mol. The Balaban J connectivity index is 0.00000341. The van der Waals surface area contributed by atoms with E-state index in [0.717, 1.165) is 60.0 Å². The fraction of sp³-hybridized carbons (Fsp3) is 0.524. The van der Waals surface area contributed by atoms with Crippen molar-refractivity contribution in [1.82, 2.24) is 15.6 Å². The molecule has 1 unspecified atom stereocenters. The van der Waals surface area contributed by atoms with Gasteiger partial charge in [0, 0.05) is 69.0 Å². The standard InChI is InChI=1S/C21H32N6O2S.HI/c1-6-22-20(23-12-16-14-30-21(25-16)26(2)3)24-15-7-8-27(13-15)17-9-18(28-4)11-19(10-17)29-5;/h9-11,14-15H,6-8,12-13H2,1-5H3,(H2,22,23,24);1H. The molecule has 0 spiro atoms. The van der Waals surface area contributed by atoms with E-state index in [-0.39, 0.29) is 24.0 Å². The molecule has 1 aliphatic heterocycles. The van der Waals surface area contributed by atoms with E-state index in [9.17, 15) is 0 Å². The van der Waals surface area contributed by atoms with Crippen LogP contribution in [0.3, 0.4) is 0 Å². The summed E-state index contributed by atoms with van der Waals surface area (Å²) in [7, 11) is 7.36. The third kappa shape index (κ3) is 7.03. The quantitative estimate of drug-likeness (QED) is 0.292. The molecular formula is C21H33IN6O2S. The molecule has 172 valence electrons. The lowest BCUT2D eigenvalue weighted by Crippen LogP contribution is -2.44. The van der Waals surface area contributed by atoms with Gasteiger partial charge in [-0.15, -0.1) is 35.3 Å². The van der Waals surface area contributed by atoms with Gasteiger partial charge in [0.15, 0.2) is 11.1 Å². The lowest BCUT2D eigenvalue weighted by atomic mass is 10.2. The Morgan fingerprint density at radius 2 is 1.97 bits per heavy atom. The topological polar surface area (TPSA) is 74.3 Å². The molecule has 0 radical (unpaired) electrons. The average Bonchev–Trinajstić information content (AvgIpc) is 3.41. The molecule has 0 saturated carbocycles. The number of anilines is 2. The number of methoxy groups -OCH3 is 2. The number of nitrogens with zero attached hydrogens (tertiary/aromatic N) is 4. The second-order valence-corrected chi connectivity index (χ2v) is 8.19. The Labute approximate surface area is 206 Å². The van der Waals surface area contributed by atoms with Gasteiger partial charge in [-0.2, -0.15) is 0 Å². The number of rotatable bonds is 8. The molecule has 0 amide bonds. The maximum atomic E-state index is 5.41. The summed E-state index contributed by atoms with van der Waals surface area (Å²) in [5.74, 6) is 2.43. The first-order chi connectivity index (χ1) is 14.5. The van der Waals surface area contributed by atoms with Crippen LogP contribution >= 0.6 is 35.3 Å². The predicted octanol–water partition coefficient (Wildman–Crippen LogP) is 3.18. The molecule has 1 aliphatic rings. The zero-order chi connectivity index (χ0) is 21.5. The number of benzene rings is 1. The van der Waals surface area contributed by atoms with Crippen molar-refractivity contribution in [2.75, 3.05) is 57.7 Å². The second-order valence-electron chi connectivity index (χ2n) is 7.36. The molecule has 1 aromatic carbocycles. The first kappa shape index (κ1) is 25.3. The minimum Gasteiger partial charge on any atom is -0.497 e. The molecule has 1 fully saturated rings. The van der Waals surface area contributed by atoms with E-state index in [0.29, 0.717) is 12.6 Å². The van der Waals surface area contributed by atoms with Crippen LogP contribution in [0.1, 0.15) is 19.0 Å². The van der Waals surface area contributed by atoms with Gasteiger partial charge in [-0.05, 0) is 13.3 Å². The van der Waals surface area contributed by atoms with Gasteiger partial charge in [0.05, 0.1) is 26.5 Å². The molecule has 2 N–H and O–H groups in total. The molecule has 1 saturated heterocycles. The summed E-state index contributed by atoms with van der Waals surface area (Å²) in [4.78, 5) is 13.7. The average molecular weight is 561 g/mol. The van der Waals surface area contributed by atoms with Gasteiger partial charge >= 0.3 is 0 Å². The highest BCUT2D eigenvalue weighted by molar-refractivity contribution is 14.0. The summed E-state index contributed by atoms with van der Waals surface area (Å²) < 4.78 is 10.8. The van der Waals surface area contributed by atoms with Gasteiger partial charge in [-0.1, -0.05) is 0 Å². The van der Waals surface area contributed by atoms with Crippen molar-refractivity contribution in [3.8, 4) is 11.5 Å². The van der Waals surface area contributed by atoms with E-state index in [1.807, 2.05) is 25.1 Å². The number of guanidine groups is 1. The summed E-state index contributed by atoms with van der Waals surface area (Å²) in [6.45, 7) is 5.31. The van der Waals surface area contributed by atoms with E-state index in [1.165, 1.54) is 0 Å². The molecule has 10 heteroatoms. The van der Waals surface area contributed by atoms with Crippen LogP contribution in [0.2, 0.25) is 0 Å². The summed E-state index contributed by atoms with van der Waals surface area (Å²) in [6, 6.07) is 6.31. The molecule has 1 atom stereocenters. The van der Waals surface area contributed by atoms with Crippen LogP contribution in [-0.2, 0) is 6.54 Å². The summed E-state index contributed by atoms with van der Waals surface area (Å²) >= 11 is 1.64. The predicted molar refractivity (Wildman–Crippen MR) is 140 cm³/mol. The molecule has 2 heterocycles. The summed E-state index contributed by atoms with van der Waals surface area (Å²) in [5, 5.41) is 9.98. The minimum atomic E-state index is 0. The molecule has 31 heavy (non-hydrogen) atoms. The molecular weight excluding hydrogens is 527 g/mol. The van der Waals surface area contributed by atoms with Gasteiger partial charge in [0.25, 0.3) is 0 Å². The van der Waals surface area contributed by atoms with Crippen molar-refractivity contribution in [2.45, 2.75) is 25.9 Å². The highest BCUT2D eigenvalue weighted by atomic mass is 127. The number of halogens is 1. The highest BCUT2D eigenvalue weighted by Gasteiger charge is 2.24. The number of hydrogen-bond acceptors (Lipinski definition) is 7. The molecule has 2 aromatic rings. The van der Waals surface area contributed by atoms with E-state index >= 15 is 0 Å². The second kappa shape index (κ2) is 12.2. The van der Waals surface area contributed by atoms with Crippen LogP contribution in [-0.4, -0.2) is 64.9 Å². The zero-order valence-corrected chi connectivity index (χ0v) is 22.0. The molecule has 0 aliphatic carbocycles. The Hall–Kier alpha value is -1.95.